The SMILES string of the molecule is CC1(C)OC(=O)C(Cc2ccc3c(c2)OOC3)C(=O)O1. The molecule has 2 heterocycles. The number of cyclic esters (lactones) is 2. The number of carbonyl (C=O) groups is 2. The fraction of sp³-hybridized carbons (Fsp3) is 0.429. The summed E-state index contributed by atoms with van der Waals surface area (Å²) in [4.78, 5) is 33.6. The van der Waals surface area contributed by atoms with Crippen LogP contribution in [0.2, 0.25) is 0 Å². The normalized spacial score (nSPS) is 20.9. The number of rotatable bonds is 2. The van der Waals surface area contributed by atoms with Gasteiger partial charge in [0.2, 0.25) is 0 Å². The van der Waals surface area contributed by atoms with E-state index in [1.54, 1.807) is 6.07 Å². The molecule has 0 aliphatic carbocycles. The van der Waals surface area contributed by atoms with Crippen LogP contribution in [-0.4, -0.2) is 17.7 Å². The molecule has 6 nitrogen and oxygen atoms in total. The number of fused-ring (bicyclic) bond motifs is 1. The Morgan fingerprint density at radius 2 is 1.90 bits per heavy atom. The third-order valence-corrected chi connectivity index (χ3v) is 3.20. The molecule has 1 saturated heterocycles. The zero-order valence-corrected chi connectivity index (χ0v) is 11.2. The number of hydrogen-bond donors (Lipinski definition) is 0. The Labute approximate surface area is 115 Å². The molecule has 1 aromatic carbocycles. The zero-order chi connectivity index (χ0) is 14.3. The van der Waals surface area contributed by atoms with Gasteiger partial charge in [0, 0.05) is 19.4 Å². The summed E-state index contributed by atoms with van der Waals surface area (Å²) >= 11 is 0. The van der Waals surface area contributed by atoms with Crippen molar-refractivity contribution < 1.29 is 28.8 Å². The van der Waals surface area contributed by atoms with E-state index in [0.29, 0.717) is 12.4 Å². The van der Waals surface area contributed by atoms with Crippen molar-refractivity contribution in [2.75, 3.05) is 0 Å². The maximum atomic E-state index is 11.9. The molecule has 0 saturated carbocycles. The van der Waals surface area contributed by atoms with Crippen LogP contribution in [0.1, 0.15) is 25.0 Å². The van der Waals surface area contributed by atoms with Crippen LogP contribution in [0.15, 0.2) is 18.2 Å². The number of hydrogen-bond acceptors (Lipinski definition) is 6. The van der Waals surface area contributed by atoms with Gasteiger partial charge in [0.25, 0.3) is 5.79 Å². The average molecular weight is 278 g/mol. The largest absolute Gasteiger partial charge is 0.422 e. The molecule has 0 bridgehead atoms. The van der Waals surface area contributed by atoms with E-state index in [1.807, 2.05) is 12.1 Å². The van der Waals surface area contributed by atoms with Gasteiger partial charge in [0.05, 0.1) is 0 Å². The van der Waals surface area contributed by atoms with Crippen molar-refractivity contribution in [3.63, 3.8) is 0 Å². The Hall–Kier alpha value is -2.08. The summed E-state index contributed by atoms with van der Waals surface area (Å²) in [6.07, 6.45) is 0.213. The molecule has 2 aliphatic heterocycles. The fourth-order valence-electron chi connectivity index (χ4n) is 2.23. The van der Waals surface area contributed by atoms with Crippen LogP contribution in [0.5, 0.6) is 5.75 Å². The Kier molecular flexibility index (Phi) is 2.90. The summed E-state index contributed by atoms with van der Waals surface area (Å²) in [7, 11) is 0. The Bertz CT molecular complexity index is 557. The number of benzene rings is 1. The fourth-order valence-corrected chi connectivity index (χ4v) is 2.23. The van der Waals surface area contributed by atoms with Crippen molar-refractivity contribution in [1.29, 1.82) is 0 Å². The first-order valence-corrected chi connectivity index (χ1v) is 6.31. The van der Waals surface area contributed by atoms with Gasteiger partial charge in [-0.15, -0.1) is 0 Å². The molecule has 3 rings (SSSR count). The van der Waals surface area contributed by atoms with Crippen LogP contribution in [-0.2, 0) is 37.0 Å². The Morgan fingerprint density at radius 1 is 1.20 bits per heavy atom. The Morgan fingerprint density at radius 3 is 2.60 bits per heavy atom. The van der Waals surface area contributed by atoms with Crippen molar-refractivity contribution in [3.05, 3.63) is 29.3 Å². The van der Waals surface area contributed by atoms with Crippen molar-refractivity contribution in [2.24, 2.45) is 5.92 Å². The van der Waals surface area contributed by atoms with E-state index in [9.17, 15) is 9.59 Å². The molecule has 20 heavy (non-hydrogen) atoms. The molecule has 1 aromatic rings. The van der Waals surface area contributed by atoms with E-state index in [-0.39, 0.29) is 6.42 Å². The Balaban J connectivity index is 1.77. The number of carbonyl (C=O) groups excluding carboxylic acids is 2. The van der Waals surface area contributed by atoms with Gasteiger partial charge in [-0.05, 0) is 18.1 Å². The first-order valence-electron chi connectivity index (χ1n) is 6.31. The smallest absolute Gasteiger partial charge is 0.323 e. The standard InChI is InChI=1S/C14H14O6/c1-14(2)18-12(15)10(13(16)19-14)5-8-3-4-9-7-17-20-11(9)6-8/h3-4,6,10H,5,7H2,1-2H3. The summed E-state index contributed by atoms with van der Waals surface area (Å²) in [5.74, 6) is -2.66. The molecule has 106 valence electrons. The van der Waals surface area contributed by atoms with Crippen LogP contribution in [0.3, 0.4) is 0 Å². The van der Waals surface area contributed by atoms with Gasteiger partial charge in [-0.2, -0.15) is 4.89 Å². The molecule has 0 radical (unpaired) electrons. The number of ether oxygens (including phenoxy) is 2. The molecule has 0 N–H and O–H groups in total. The van der Waals surface area contributed by atoms with Gasteiger partial charge in [-0.25, -0.2) is 0 Å². The van der Waals surface area contributed by atoms with E-state index < -0.39 is 23.6 Å². The minimum Gasteiger partial charge on any atom is -0.422 e. The van der Waals surface area contributed by atoms with Gasteiger partial charge in [0.1, 0.15) is 6.61 Å². The molecule has 0 atom stereocenters. The van der Waals surface area contributed by atoms with Crippen molar-refractivity contribution >= 4 is 11.9 Å². The van der Waals surface area contributed by atoms with E-state index in [1.165, 1.54) is 13.8 Å². The quantitative estimate of drug-likeness (QED) is 0.464. The molecule has 6 heteroatoms. The van der Waals surface area contributed by atoms with Crippen molar-refractivity contribution in [1.82, 2.24) is 0 Å². The number of esters is 2. The minimum atomic E-state index is -1.19. The molecule has 0 aromatic heterocycles. The second-order valence-electron chi connectivity index (χ2n) is 5.29. The van der Waals surface area contributed by atoms with E-state index >= 15 is 0 Å². The zero-order valence-electron chi connectivity index (χ0n) is 11.2. The monoisotopic (exact) mass is 278 g/mol. The van der Waals surface area contributed by atoms with Gasteiger partial charge in [-0.1, -0.05) is 12.1 Å². The third kappa shape index (κ3) is 2.34. The second-order valence-corrected chi connectivity index (χ2v) is 5.29. The summed E-state index contributed by atoms with van der Waals surface area (Å²) in [5, 5.41) is 0. The lowest BCUT2D eigenvalue weighted by Crippen LogP contribution is -2.46. The predicted octanol–water partition coefficient (Wildman–Crippen LogP) is 1.51. The van der Waals surface area contributed by atoms with Gasteiger partial charge in [-0.3, -0.25) is 9.59 Å². The average Bonchev–Trinajstić information content (AvgIpc) is 2.80. The highest BCUT2D eigenvalue weighted by atomic mass is 17.2. The summed E-state index contributed by atoms with van der Waals surface area (Å²) in [6.45, 7) is 3.45. The molecular formula is C14H14O6. The topological polar surface area (TPSA) is 71.1 Å². The van der Waals surface area contributed by atoms with Gasteiger partial charge < -0.3 is 14.4 Å². The summed E-state index contributed by atoms with van der Waals surface area (Å²) in [5.41, 5.74) is 1.72. The van der Waals surface area contributed by atoms with Gasteiger partial charge in [0.15, 0.2) is 11.7 Å². The highest BCUT2D eigenvalue weighted by Gasteiger charge is 2.43. The summed E-state index contributed by atoms with van der Waals surface area (Å²) in [6, 6.07) is 5.43. The van der Waals surface area contributed by atoms with Crippen LogP contribution < -0.4 is 4.89 Å². The maximum Gasteiger partial charge on any atom is 0.323 e. The van der Waals surface area contributed by atoms with Crippen molar-refractivity contribution in [3.8, 4) is 5.75 Å². The van der Waals surface area contributed by atoms with E-state index in [4.69, 9.17) is 19.2 Å². The van der Waals surface area contributed by atoms with Crippen LogP contribution in [0.4, 0.5) is 0 Å². The first-order chi connectivity index (χ1) is 9.44. The van der Waals surface area contributed by atoms with Crippen LogP contribution in [0.25, 0.3) is 0 Å². The lowest BCUT2D eigenvalue weighted by Gasteiger charge is -2.32. The molecule has 1 fully saturated rings. The lowest BCUT2D eigenvalue weighted by molar-refractivity contribution is -0.239. The molecule has 0 amide bonds. The summed E-state index contributed by atoms with van der Waals surface area (Å²) < 4.78 is 10.2. The molecule has 0 unspecified atom stereocenters. The highest BCUT2D eigenvalue weighted by molar-refractivity contribution is 5.96. The van der Waals surface area contributed by atoms with Crippen molar-refractivity contribution in [2.45, 2.75) is 32.7 Å². The predicted molar refractivity (Wildman–Crippen MR) is 65.3 cm³/mol. The minimum absolute atomic E-state index is 0.213. The maximum absolute atomic E-state index is 11.9. The molecule has 0 spiro atoms. The first kappa shape index (κ1) is 12.9. The molecule has 2 aliphatic rings. The lowest BCUT2D eigenvalue weighted by atomic mass is 9.97. The van der Waals surface area contributed by atoms with Crippen LogP contribution >= 0.6 is 0 Å². The second kappa shape index (κ2) is 4.49. The van der Waals surface area contributed by atoms with Gasteiger partial charge >= 0.3 is 11.9 Å². The molecular weight excluding hydrogens is 264 g/mol. The van der Waals surface area contributed by atoms with Crippen LogP contribution in [0, 0.1) is 5.92 Å². The van der Waals surface area contributed by atoms with E-state index in [2.05, 4.69) is 0 Å². The highest BCUT2D eigenvalue weighted by Crippen LogP contribution is 2.30. The third-order valence-electron chi connectivity index (χ3n) is 3.20. The van der Waals surface area contributed by atoms with E-state index in [0.717, 1.165) is 11.1 Å².